The van der Waals surface area contributed by atoms with Crippen molar-refractivity contribution in [1.82, 2.24) is 10.6 Å². The fourth-order valence-electron chi connectivity index (χ4n) is 3.64. The second-order valence-corrected chi connectivity index (χ2v) is 10.2. The predicted molar refractivity (Wildman–Crippen MR) is 116 cm³/mol. The molecule has 3 rings (SSSR count). The van der Waals surface area contributed by atoms with E-state index in [4.69, 9.17) is 0 Å². The zero-order valence-electron chi connectivity index (χ0n) is 17.9. The summed E-state index contributed by atoms with van der Waals surface area (Å²) in [6.07, 6.45) is 1.20. The number of halogens is 2. The number of nitrogens with one attached hydrogen (secondary N) is 2. The monoisotopic (exact) mass is 436 g/mol. The lowest BCUT2D eigenvalue weighted by atomic mass is 9.93. The van der Waals surface area contributed by atoms with Crippen LogP contribution in [0.3, 0.4) is 0 Å². The van der Waals surface area contributed by atoms with Crippen molar-refractivity contribution in [1.29, 1.82) is 0 Å². The highest BCUT2D eigenvalue weighted by Crippen LogP contribution is 2.48. The van der Waals surface area contributed by atoms with E-state index in [1.54, 1.807) is 11.3 Å². The lowest BCUT2D eigenvalue weighted by Crippen LogP contribution is -2.49. The molecule has 7 heteroatoms. The minimum Gasteiger partial charge on any atom is -0.390 e. The van der Waals surface area contributed by atoms with E-state index in [1.165, 1.54) is 29.5 Å². The van der Waals surface area contributed by atoms with Crippen LogP contribution in [-0.2, 0) is 22.2 Å². The molecule has 1 aromatic carbocycles. The van der Waals surface area contributed by atoms with Crippen molar-refractivity contribution in [3.63, 3.8) is 0 Å². The van der Waals surface area contributed by atoms with Gasteiger partial charge in [-0.2, -0.15) is 0 Å². The molecule has 2 aromatic rings. The van der Waals surface area contributed by atoms with Crippen LogP contribution in [0.25, 0.3) is 0 Å². The SMILES string of the molecule is CC(=O)NC(Cc1cc(F)cc(F)c1)C(O)CNC1(c2csc(C(C)(C)C)c2)CC1. The number of benzene rings is 1. The molecule has 2 unspecified atom stereocenters. The molecule has 1 heterocycles. The van der Waals surface area contributed by atoms with Crippen LogP contribution >= 0.6 is 11.3 Å². The van der Waals surface area contributed by atoms with Gasteiger partial charge in [0, 0.05) is 30.0 Å². The number of hydrogen-bond acceptors (Lipinski definition) is 4. The fraction of sp³-hybridized carbons (Fsp3) is 0.522. The van der Waals surface area contributed by atoms with Gasteiger partial charge in [0.25, 0.3) is 0 Å². The van der Waals surface area contributed by atoms with Crippen LogP contribution in [0.2, 0.25) is 0 Å². The highest BCUT2D eigenvalue weighted by atomic mass is 32.1. The van der Waals surface area contributed by atoms with Crippen molar-refractivity contribution < 1.29 is 18.7 Å². The zero-order chi connectivity index (χ0) is 22.1. The van der Waals surface area contributed by atoms with E-state index < -0.39 is 23.8 Å². The summed E-state index contributed by atoms with van der Waals surface area (Å²) in [6, 6.07) is 4.83. The van der Waals surface area contributed by atoms with E-state index >= 15 is 0 Å². The first-order valence-electron chi connectivity index (χ1n) is 10.2. The van der Waals surface area contributed by atoms with E-state index in [0.29, 0.717) is 5.56 Å². The van der Waals surface area contributed by atoms with E-state index in [-0.39, 0.29) is 29.8 Å². The minimum atomic E-state index is -0.904. The van der Waals surface area contributed by atoms with Gasteiger partial charge in [0.2, 0.25) is 5.91 Å². The van der Waals surface area contributed by atoms with E-state index in [1.807, 2.05) is 0 Å². The van der Waals surface area contributed by atoms with Crippen molar-refractivity contribution in [2.24, 2.45) is 0 Å². The summed E-state index contributed by atoms with van der Waals surface area (Å²) in [6.45, 7) is 8.19. The molecule has 3 N–H and O–H groups in total. The quantitative estimate of drug-likeness (QED) is 0.586. The second-order valence-electron chi connectivity index (χ2n) is 9.27. The number of carbonyl (C=O) groups excluding carboxylic acids is 1. The third-order valence-corrected chi connectivity index (χ3v) is 6.88. The molecule has 1 aliphatic rings. The van der Waals surface area contributed by atoms with Gasteiger partial charge < -0.3 is 15.7 Å². The van der Waals surface area contributed by atoms with Crippen molar-refractivity contribution in [2.45, 2.75) is 70.1 Å². The summed E-state index contributed by atoms with van der Waals surface area (Å²) in [5, 5.41) is 19.1. The maximum atomic E-state index is 13.5. The molecule has 0 spiro atoms. The number of carbonyl (C=O) groups is 1. The zero-order valence-corrected chi connectivity index (χ0v) is 18.7. The maximum absolute atomic E-state index is 13.5. The van der Waals surface area contributed by atoms with Gasteiger partial charge in [-0.3, -0.25) is 4.79 Å². The molecule has 1 fully saturated rings. The van der Waals surface area contributed by atoms with Gasteiger partial charge >= 0.3 is 0 Å². The number of rotatable bonds is 8. The summed E-state index contributed by atoms with van der Waals surface area (Å²) in [5.74, 6) is -1.66. The first-order valence-corrected chi connectivity index (χ1v) is 11.1. The Balaban J connectivity index is 1.67. The van der Waals surface area contributed by atoms with Crippen molar-refractivity contribution in [2.75, 3.05) is 6.54 Å². The normalized spacial score (nSPS) is 17.4. The second kappa shape index (κ2) is 8.73. The van der Waals surface area contributed by atoms with Crippen LogP contribution in [0.5, 0.6) is 0 Å². The van der Waals surface area contributed by atoms with Crippen LogP contribution in [0.1, 0.15) is 56.5 Å². The number of aliphatic hydroxyl groups is 1. The molecule has 4 nitrogen and oxygen atoms in total. The van der Waals surface area contributed by atoms with Gasteiger partial charge in [-0.05, 0) is 59.4 Å². The minimum absolute atomic E-state index is 0.0925. The first-order chi connectivity index (χ1) is 14.0. The Labute approximate surface area is 180 Å². The molecule has 0 saturated heterocycles. The molecule has 30 heavy (non-hydrogen) atoms. The standard InChI is InChI=1S/C23H30F2N2O2S/c1-14(28)27-19(9-15-7-17(24)11-18(25)8-15)20(29)12-26-23(5-6-23)16-10-21(30-13-16)22(2,3)4/h7-8,10-11,13,19-20,26,29H,5-6,9,12H2,1-4H3,(H,27,28). The Morgan fingerprint density at radius 1 is 1.20 bits per heavy atom. The molecule has 164 valence electrons. The Hall–Kier alpha value is -1.83. The van der Waals surface area contributed by atoms with Gasteiger partial charge in [0.1, 0.15) is 11.6 Å². The highest BCUT2D eigenvalue weighted by Gasteiger charge is 2.45. The van der Waals surface area contributed by atoms with Crippen LogP contribution in [0, 0.1) is 11.6 Å². The van der Waals surface area contributed by atoms with Crippen molar-refractivity contribution >= 4 is 17.2 Å². The van der Waals surface area contributed by atoms with Gasteiger partial charge in [-0.15, -0.1) is 11.3 Å². The lowest BCUT2D eigenvalue weighted by Gasteiger charge is -2.26. The van der Waals surface area contributed by atoms with E-state index in [9.17, 15) is 18.7 Å². The lowest BCUT2D eigenvalue weighted by molar-refractivity contribution is -0.120. The van der Waals surface area contributed by atoms with Crippen LogP contribution in [0.4, 0.5) is 8.78 Å². The summed E-state index contributed by atoms with van der Waals surface area (Å²) in [4.78, 5) is 12.9. The third kappa shape index (κ3) is 5.65. The number of amides is 1. The molecular formula is C23H30F2N2O2S. The van der Waals surface area contributed by atoms with Crippen LogP contribution in [-0.4, -0.2) is 29.7 Å². The molecule has 0 bridgehead atoms. The van der Waals surface area contributed by atoms with Gasteiger partial charge in [-0.25, -0.2) is 8.78 Å². The Morgan fingerprint density at radius 2 is 1.83 bits per heavy atom. The molecule has 2 atom stereocenters. The Bertz CT molecular complexity index is 883. The molecule has 0 aliphatic heterocycles. The highest BCUT2D eigenvalue weighted by molar-refractivity contribution is 7.10. The molecule has 1 amide bonds. The first kappa shape index (κ1) is 22.8. The Morgan fingerprint density at radius 3 is 2.33 bits per heavy atom. The smallest absolute Gasteiger partial charge is 0.217 e. The molecule has 0 radical (unpaired) electrons. The maximum Gasteiger partial charge on any atom is 0.217 e. The largest absolute Gasteiger partial charge is 0.390 e. The van der Waals surface area contributed by atoms with Crippen molar-refractivity contribution in [3.05, 3.63) is 57.3 Å². The summed E-state index contributed by atoms with van der Waals surface area (Å²) in [5.41, 5.74) is 1.56. The van der Waals surface area contributed by atoms with Gasteiger partial charge in [0.05, 0.1) is 12.1 Å². The summed E-state index contributed by atoms with van der Waals surface area (Å²) < 4.78 is 27.1. The van der Waals surface area contributed by atoms with E-state index in [2.05, 4.69) is 42.9 Å². The average Bonchev–Trinajstić information content (AvgIpc) is 3.22. The summed E-state index contributed by atoms with van der Waals surface area (Å²) >= 11 is 1.75. The van der Waals surface area contributed by atoms with Crippen molar-refractivity contribution in [3.8, 4) is 0 Å². The van der Waals surface area contributed by atoms with Crippen LogP contribution < -0.4 is 10.6 Å². The Kier molecular flexibility index (Phi) is 6.65. The predicted octanol–water partition coefficient (Wildman–Crippen LogP) is 4.01. The topological polar surface area (TPSA) is 61.4 Å². The number of aliphatic hydroxyl groups excluding tert-OH is 1. The van der Waals surface area contributed by atoms with Crippen LogP contribution in [0.15, 0.2) is 29.6 Å². The summed E-state index contributed by atoms with van der Waals surface area (Å²) in [7, 11) is 0. The van der Waals surface area contributed by atoms with E-state index in [0.717, 1.165) is 18.9 Å². The van der Waals surface area contributed by atoms with Gasteiger partial charge in [0.15, 0.2) is 0 Å². The number of hydrogen-bond donors (Lipinski definition) is 3. The average molecular weight is 437 g/mol. The molecule has 1 saturated carbocycles. The number of thiophene rings is 1. The van der Waals surface area contributed by atoms with Gasteiger partial charge in [-0.1, -0.05) is 20.8 Å². The fourth-order valence-corrected chi connectivity index (χ4v) is 4.74. The third-order valence-electron chi connectivity index (χ3n) is 5.52. The molecule has 1 aromatic heterocycles. The molecular weight excluding hydrogens is 406 g/mol. The molecule has 1 aliphatic carbocycles.